The van der Waals surface area contributed by atoms with Gasteiger partial charge in [0.15, 0.2) is 11.0 Å². The minimum absolute atomic E-state index is 0.113. The summed E-state index contributed by atoms with van der Waals surface area (Å²) in [6, 6.07) is 25.0. The average Bonchev–Trinajstić information content (AvgIpc) is 3.28. The Morgan fingerprint density at radius 1 is 0.941 bits per heavy atom. The van der Waals surface area contributed by atoms with Gasteiger partial charge >= 0.3 is 0 Å². The van der Waals surface area contributed by atoms with Crippen LogP contribution in [0.2, 0.25) is 5.02 Å². The highest BCUT2D eigenvalue weighted by Gasteiger charge is 2.22. The first-order chi connectivity index (χ1) is 16.6. The molecule has 1 atom stereocenters. The molecule has 0 radical (unpaired) electrons. The first-order valence-electron chi connectivity index (χ1n) is 10.7. The number of anilines is 1. The third-order valence-electron chi connectivity index (χ3n) is 5.36. The van der Waals surface area contributed by atoms with Gasteiger partial charge in [0.2, 0.25) is 5.91 Å². The molecule has 1 unspecified atom stereocenters. The SMILES string of the molecule is CC(Sc1nnc(-c2ccncc2)n1-c1ccc(Cl)cc1)C(=O)Nc1cccc2ccccc12. The normalized spacial score (nSPS) is 11.9. The molecule has 34 heavy (non-hydrogen) atoms. The fourth-order valence-corrected chi connectivity index (χ4v) is 4.63. The van der Waals surface area contributed by atoms with Crippen molar-refractivity contribution < 1.29 is 4.79 Å². The molecule has 3 aromatic carbocycles. The van der Waals surface area contributed by atoms with Gasteiger partial charge < -0.3 is 5.32 Å². The maximum atomic E-state index is 13.1. The van der Waals surface area contributed by atoms with Gasteiger partial charge in [-0.1, -0.05) is 59.8 Å². The minimum atomic E-state index is -0.417. The van der Waals surface area contributed by atoms with Crippen LogP contribution < -0.4 is 5.32 Å². The molecule has 2 aromatic heterocycles. The van der Waals surface area contributed by atoms with E-state index in [4.69, 9.17) is 11.6 Å². The third-order valence-corrected chi connectivity index (χ3v) is 6.65. The zero-order chi connectivity index (χ0) is 23.5. The summed E-state index contributed by atoms with van der Waals surface area (Å²) >= 11 is 7.45. The molecule has 8 heteroatoms. The fraction of sp³-hybridized carbons (Fsp3) is 0.0769. The fourth-order valence-electron chi connectivity index (χ4n) is 3.64. The maximum Gasteiger partial charge on any atom is 0.237 e. The van der Waals surface area contributed by atoms with Crippen molar-refractivity contribution in [3.05, 3.63) is 96.3 Å². The average molecular weight is 486 g/mol. The molecule has 0 aliphatic rings. The first-order valence-corrected chi connectivity index (χ1v) is 11.9. The van der Waals surface area contributed by atoms with Gasteiger partial charge in [0, 0.05) is 39.7 Å². The Kier molecular flexibility index (Phi) is 6.29. The number of carbonyl (C=O) groups is 1. The van der Waals surface area contributed by atoms with Crippen molar-refractivity contribution in [3.63, 3.8) is 0 Å². The lowest BCUT2D eigenvalue weighted by Crippen LogP contribution is -2.23. The maximum absolute atomic E-state index is 13.1. The van der Waals surface area contributed by atoms with Gasteiger partial charge in [0.25, 0.3) is 0 Å². The van der Waals surface area contributed by atoms with Crippen LogP contribution in [0.15, 0.2) is 96.4 Å². The minimum Gasteiger partial charge on any atom is -0.325 e. The van der Waals surface area contributed by atoms with E-state index >= 15 is 0 Å². The highest BCUT2D eigenvalue weighted by Crippen LogP contribution is 2.31. The van der Waals surface area contributed by atoms with Gasteiger partial charge in [0.1, 0.15) is 0 Å². The van der Waals surface area contributed by atoms with Crippen molar-refractivity contribution in [2.24, 2.45) is 0 Å². The van der Waals surface area contributed by atoms with Crippen LogP contribution in [0.1, 0.15) is 6.92 Å². The predicted octanol–water partition coefficient (Wildman–Crippen LogP) is 6.26. The highest BCUT2D eigenvalue weighted by molar-refractivity contribution is 8.00. The van der Waals surface area contributed by atoms with Crippen LogP contribution in [0.3, 0.4) is 0 Å². The topological polar surface area (TPSA) is 72.7 Å². The Labute approximate surface area is 206 Å². The monoisotopic (exact) mass is 485 g/mol. The highest BCUT2D eigenvalue weighted by atomic mass is 35.5. The van der Waals surface area contributed by atoms with E-state index in [9.17, 15) is 4.79 Å². The second-order valence-corrected chi connectivity index (χ2v) is 9.37. The van der Waals surface area contributed by atoms with Crippen LogP contribution in [0.5, 0.6) is 0 Å². The van der Waals surface area contributed by atoms with Crippen molar-refractivity contribution in [2.75, 3.05) is 5.32 Å². The number of thioether (sulfide) groups is 1. The molecule has 5 aromatic rings. The van der Waals surface area contributed by atoms with Gasteiger partial charge in [-0.25, -0.2) is 0 Å². The molecular weight excluding hydrogens is 466 g/mol. The van der Waals surface area contributed by atoms with Gasteiger partial charge in [-0.05, 0) is 54.8 Å². The molecule has 168 valence electrons. The molecular formula is C26H20ClN5OS. The number of pyridine rings is 1. The summed E-state index contributed by atoms with van der Waals surface area (Å²) in [6.45, 7) is 1.86. The van der Waals surface area contributed by atoms with Crippen LogP contribution in [-0.4, -0.2) is 30.9 Å². The van der Waals surface area contributed by atoms with Crippen LogP contribution in [0.4, 0.5) is 5.69 Å². The number of amides is 1. The van der Waals surface area contributed by atoms with E-state index in [0.29, 0.717) is 16.0 Å². The van der Waals surface area contributed by atoms with Crippen molar-refractivity contribution in [1.82, 2.24) is 19.7 Å². The lowest BCUT2D eigenvalue weighted by molar-refractivity contribution is -0.115. The van der Waals surface area contributed by atoms with Gasteiger partial charge in [0.05, 0.1) is 5.25 Å². The molecule has 0 bridgehead atoms. The zero-order valence-electron chi connectivity index (χ0n) is 18.2. The van der Waals surface area contributed by atoms with Gasteiger partial charge in [-0.15, -0.1) is 10.2 Å². The molecule has 0 saturated carbocycles. The summed E-state index contributed by atoms with van der Waals surface area (Å²) in [5, 5.41) is 14.8. The van der Waals surface area contributed by atoms with Gasteiger partial charge in [-0.3, -0.25) is 14.3 Å². The molecule has 1 amide bonds. The third kappa shape index (κ3) is 4.53. The Morgan fingerprint density at radius 3 is 2.47 bits per heavy atom. The summed E-state index contributed by atoms with van der Waals surface area (Å²) in [4.78, 5) is 17.2. The summed E-state index contributed by atoms with van der Waals surface area (Å²) in [7, 11) is 0. The van der Waals surface area contributed by atoms with E-state index in [1.54, 1.807) is 12.4 Å². The smallest absolute Gasteiger partial charge is 0.237 e. The molecule has 0 saturated heterocycles. The zero-order valence-corrected chi connectivity index (χ0v) is 19.8. The number of hydrogen-bond donors (Lipinski definition) is 1. The van der Waals surface area contributed by atoms with Crippen LogP contribution >= 0.6 is 23.4 Å². The van der Waals surface area contributed by atoms with E-state index in [0.717, 1.165) is 27.7 Å². The number of fused-ring (bicyclic) bond motifs is 1. The van der Waals surface area contributed by atoms with E-state index in [-0.39, 0.29) is 5.91 Å². The van der Waals surface area contributed by atoms with E-state index in [1.165, 1.54) is 11.8 Å². The molecule has 0 fully saturated rings. The predicted molar refractivity (Wildman–Crippen MR) is 137 cm³/mol. The summed E-state index contributed by atoms with van der Waals surface area (Å²) in [6.07, 6.45) is 3.42. The molecule has 0 aliphatic carbocycles. The van der Waals surface area contributed by atoms with Crippen molar-refractivity contribution in [3.8, 4) is 17.1 Å². The Bertz CT molecular complexity index is 1450. The number of aromatic nitrogens is 4. The van der Waals surface area contributed by atoms with Crippen LogP contribution in [0.25, 0.3) is 27.8 Å². The number of carbonyl (C=O) groups excluding carboxylic acids is 1. The lowest BCUT2D eigenvalue weighted by Gasteiger charge is -2.15. The molecule has 2 heterocycles. The lowest BCUT2D eigenvalue weighted by atomic mass is 10.1. The molecule has 6 nitrogen and oxygen atoms in total. The molecule has 5 rings (SSSR count). The number of halogens is 1. The Hall–Kier alpha value is -3.68. The summed E-state index contributed by atoms with van der Waals surface area (Å²) in [5.74, 6) is 0.548. The second kappa shape index (κ2) is 9.67. The number of rotatable bonds is 6. The number of nitrogens with zero attached hydrogens (tertiary/aromatic N) is 4. The molecule has 0 aliphatic heterocycles. The quantitative estimate of drug-likeness (QED) is 0.287. The second-order valence-electron chi connectivity index (χ2n) is 7.63. The molecule has 0 spiro atoms. The number of hydrogen-bond acceptors (Lipinski definition) is 5. The van der Waals surface area contributed by atoms with E-state index in [1.807, 2.05) is 90.4 Å². The van der Waals surface area contributed by atoms with Crippen molar-refractivity contribution in [2.45, 2.75) is 17.3 Å². The summed E-state index contributed by atoms with van der Waals surface area (Å²) in [5.41, 5.74) is 2.51. The first kappa shape index (κ1) is 22.1. The molecule has 1 N–H and O–H groups in total. The van der Waals surface area contributed by atoms with E-state index < -0.39 is 5.25 Å². The Morgan fingerprint density at radius 2 is 1.68 bits per heavy atom. The van der Waals surface area contributed by atoms with Gasteiger partial charge in [-0.2, -0.15) is 0 Å². The standard InChI is InChI=1S/C26H20ClN5OS/c1-17(25(33)29-23-8-4-6-18-5-2-3-7-22(18)23)34-26-31-30-24(19-13-15-28-16-14-19)32(26)21-11-9-20(27)10-12-21/h2-17H,1H3,(H,29,33). The largest absolute Gasteiger partial charge is 0.325 e. The number of benzene rings is 3. The van der Waals surface area contributed by atoms with Crippen LogP contribution in [0, 0.1) is 0 Å². The summed E-state index contributed by atoms with van der Waals surface area (Å²) < 4.78 is 1.93. The van der Waals surface area contributed by atoms with E-state index in [2.05, 4.69) is 20.5 Å². The Balaban J connectivity index is 1.45. The van der Waals surface area contributed by atoms with Crippen LogP contribution in [-0.2, 0) is 4.79 Å². The van der Waals surface area contributed by atoms with Crippen molar-refractivity contribution >= 4 is 45.7 Å². The number of nitrogens with one attached hydrogen (secondary N) is 1. The van der Waals surface area contributed by atoms with Crippen molar-refractivity contribution in [1.29, 1.82) is 0 Å².